The van der Waals surface area contributed by atoms with Gasteiger partial charge < -0.3 is 5.32 Å². The Morgan fingerprint density at radius 3 is 2.12 bits per heavy atom. The van der Waals surface area contributed by atoms with Crippen LogP contribution >= 0.6 is 12.2 Å². The molecule has 3 aromatic rings. The molecule has 5 nitrogen and oxygen atoms in total. The fraction of sp³-hybridized carbons (Fsp3) is 0.150. The third kappa shape index (κ3) is 5.00. The second kappa shape index (κ2) is 8.40. The molecule has 0 spiro atoms. The van der Waals surface area contributed by atoms with E-state index in [-0.39, 0.29) is 0 Å². The minimum absolute atomic E-state index is 0.481. The van der Waals surface area contributed by atoms with Crippen LogP contribution in [0.1, 0.15) is 17.0 Å². The van der Waals surface area contributed by atoms with Gasteiger partial charge in [-0.3, -0.25) is 5.43 Å². The first-order valence-corrected chi connectivity index (χ1v) is 8.77. The van der Waals surface area contributed by atoms with Crippen molar-refractivity contribution in [3.05, 3.63) is 83.7 Å². The Kier molecular flexibility index (Phi) is 5.76. The molecule has 0 saturated heterocycles. The summed E-state index contributed by atoms with van der Waals surface area (Å²) in [4.78, 5) is 9.11. The van der Waals surface area contributed by atoms with Gasteiger partial charge in [-0.2, -0.15) is 0 Å². The molecule has 0 unspecified atom stereocenters. The maximum absolute atomic E-state index is 5.47. The molecule has 2 aromatic carbocycles. The Balaban J connectivity index is 1.81. The number of hydrogen-bond acceptors (Lipinski definition) is 4. The smallest absolute Gasteiger partial charge is 0.245 e. The number of aromatic nitrogens is 2. The van der Waals surface area contributed by atoms with Crippen molar-refractivity contribution >= 4 is 29.0 Å². The standard InChI is InChI=1S/C20H21N5S/c1-15-13-16(2)22-19(21-15)25(14-17-9-5-3-6-10-17)24-20(26)23-18-11-7-4-8-12-18/h3-13H,14H2,1-2H3,(H2,23,24,26). The Bertz CT molecular complexity index is 848. The molecule has 0 aliphatic heterocycles. The monoisotopic (exact) mass is 363 g/mol. The van der Waals surface area contributed by atoms with Crippen LogP contribution in [0, 0.1) is 13.8 Å². The average molecular weight is 363 g/mol. The zero-order chi connectivity index (χ0) is 18.4. The largest absolute Gasteiger partial charge is 0.331 e. The van der Waals surface area contributed by atoms with Crippen molar-refractivity contribution in [3.63, 3.8) is 0 Å². The lowest BCUT2D eigenvalue weighted by Crippen LogP contribution is -2.45. The lowest BCUT2D eigenvalue weighted by molar-refractivity contribution is 0.729. The van der Waals surface area contributed by atoms with Gasteiger partial charge in [-0.1, -0.05) is 48.5 Å². The van der Waals surface area contributed by atoms with Crippen LogP contribution in [0.25, 0.3) is 0 Å². The molecule has 6 heteroatoms. The lowest BCUT2D eigenvalue weighted by atomic mass is 10.2. The van der Waals surface area contributed by atoms with Gasteiger partial charge in [-0.15, -0.1) is 0 Å². The highest BCUT2D eigenvalue weighted by atomic mass is 32.1. The van der Waals surface area contributed by atoms with Crippen LogP contribution in [0.4, 0.5) is 11.6 Å². The van der Waals surface area contributed by atoms with Crippen molar-refractivity contribution < 1.29 is 0 Å². The van der Waals surface area contributed by atoms with Crippen molar-refractivity contribution in [1.82, 2.24) is 15.4 Å². The predicted molar refractivity (Wildman–Crippen MR) is 110 cm³/mol. The van der Waals surface area contributed by atoms with Crippen molar-refractivity contribution in [2.45, 2.75) is 20.4 Å². The summed E-state index contributed by atoms with van der Waals surface area (Å²) in [6.07, 6.45) is 0. The molecule has 132 valence electrons. The molecule has 1 heterocycles. The maximum atomic E-state index is 5.47. The van der Waals surface area contributed by atoms with E-state index in [0.717, 1.165) is 22.6 Å². The Morgan fingerprint density at radius 2 is 1.50 bits per heavy atom. The first-order valence-electron chi connectivity index (χ1n) is 8.36. The minimum Gasteiger partial charge on any atom is -0.331 e. The second-order valence-electron chi connectivity index (χ2n) is 5.95. The SMILES string of the molecule is Cc1cc(C)nc(N(Cc2ccccc2)NC(=S)Nc2ccccc2)n1. The Morgan fingerprint density at radius 1 is 0.923 bits per heavy atom. The molecule has 0 radical (unpaired) electrons. The van der Waals surface area contributed by atoms with Gasteiger partial charge in [0, 0.05) is 17.1 Å². The van der Waals surface area contributed by atoms with Crippen LogP contribution in [0.15, 0.2) is 66.7 Å². The number of anilines is 2. The fourth-order valence-corrected chi connectivity index (χ4v) is 2.79. The third-order valence-corrected chi connectivity index (χ3v) is 3.86. The van der Waals surface area contributed by atoms with Gasteiger partial charge in [-0.05, 0) is 49.8 Å². The number of nitrogens with one attached hydrogen (secondary N) is 2. The van der Waals surface area contributed by atoms with E-state index in [9.17, 15) is 0 Å². The van der Waals surface area contributed by atoms with Crippen molar-refractivity contribution in [2.24, 2.45) is 0 Å². The molecule has 2 N–H and O–H groups in total. The molecule has 3 rings (SSSR count). The number of aryl methyl sites for hydroxylation is 2. The normalized spacial score (nSPS) is 10.2. The van der Waals surface area contributed by atoms with Crippen LogP contribution in [-0.4, -0.2) is 15.1 Å². The Hall–Kier alpha value is -2.99. The lowest BCUT2D eigenvalue weighted by Gasteiger charge is -2.25. The highest BCUT2D eigenvalue weighted by Gasteiger charge is 2.13. The number of rotatable bonds is 5. The van der Waals surface area contributed by atoms with Crippen LogP contribution < -0.4 is 15.8 Å². The summed E-state index contributed by atoms with van der Waals surface area (Å²) in [7, 11) is 0. The number of para-hydroxylation sites is 1. The molecule has 0 amide bonds. The summed E-state index contributed by atoms with van der Waals surface area (Å²) < 4.78 is 0. The van der Waals surface area contributed by atoms with E-state index in [0.29, 0.717) is 17.6 Å². The Labute approximate surface area is 159 Å². The van der Waals surface area contributed by atoms with Crippen molar-refractivity contribution in [2.75, 3.05) is 10.3 Å². The van der Waals surface area contributed by atoms with Gasteiger partial charge in [0.25, 0.3) is 0 Å². The molecule has 0 saturated carbocycles. The van der Waals surface area contributed by atoms with E-state index in [1.807, 2.05) is 73.5 Å². The van der Waals surface area contributed by atoms with Gasteiger partial charge >= 0.3 is 0 Å². The van der Waals surface area contributed by atoms with E-state index >= 15 is 0 Å². The van der Waals surface area contributed by atoms with Crippen molar-refractivity contribution in [1.29, 1.82) is 0 Å². The summed E-state index contributed by atoms with van der Waals surface area (Å²) in [6.45, 7) is 4.50. The molecule has 0 atom stereocenters. The first kappa shape index (κ1) is 17.8. The van der Waals surface area contributed by atoms with Gasteiger partial charge in [0.05, 0.1) is 6.54 Å². The summed E-state index contributed by atoms with van der Waals surface area (Å²) in [5, 5.41) is 5.52. The highest BCUT2D eigenvalue weighted by molar-refractivity contribution is 7.80. The van der Waals surface area contributed by atoms with E-state index < -0.39 is 0 Å². The van der Waals surface area contributed by atoms with E-state index in [1.54, 1.807) is 0 Å². The van der Waals surface area contributed by atoms with Gasteiger partial charge in [0.15, 0.2) is 5.11 Å². The number of thiocarbonyl (C=S) groups is 1. The zero-order valence-electron chi connectivity index (χ0n) is 14.8. The average Bonchev–Trinajstić information content (AvgIpc) is 2.62. The highest BCUT2D eigenvalue weighted by Crippen LogP contribution is 2.13. The first-order chi connectivity index (χ1) is 12.6. The summed E-state index contributed by atoms with van der Waals surface area (Å²) in [6, 6.07) is 21.9. The maximum Gasteiger partial charge on any atom is 0.245 e. The topological polar surface area (TPSA) is 53.1 Å². The fourth-order valence-electron chi connectivity index (χ4n) is 2.56. The molecular formula is C20H21N5S. The third-order valence-electron chi connectivity index (χ3n) is 3.66. The quantitative estimate of drug-likeness (QED) is 0.528. The minimum atomic E-state index is 0.481. The van der Waals surface area contributed by atoms with E-state index in [4.69, 9.17) is 12.2 Å². The molecule has 0 aliphatic rings. The summed E-state index contributed by atoms with van der Waals surface area (Å²) >= 11 is 5.47. The molecule has 0 aliphatic carbocycles. The molecule has 0 fully saturated rings. The van der Waals surface area contributed by atoms with E-state index in [1.165, 1.54) is 0 Å². The molecule has 0 bridgehead atoms. The number of hydrogen-bond donors (Lipinski definition) is 2. The van der Waals surface area contributed by atoms with E-state index in [2.05, 4.69) is 32.8 Å². The van der Waals surface area contributed by atoms with Crippen LogP contribution in [0.2, 0.25) is 0 Å². The van der Waals surface area contributed by atoms with Crippen LogP contribution in [-0.2, 0) is 6.54 Å². The summed E-state index contributed by atoms with van der Waals surface area (Å²) in [5.41, 5.74) is 7.09. The van der Waals surface area contributed by atoms with Crippen molar-refractivity contribution in [3.8, 4) is 0 Å². The molecular weight excluding hydrogens is 342 g/mol. The van der Waals surface area contributed by atoms with Crippen LogP contribution in [0.5, 0.6) is 0 Å². The number of nitrogens with zero attached hydrogens (tertiary/aromatic N) is 3. The van der Waals surface area contributed by atoms with Gasteiger partial charge in [-0.25, -0.2) is 15.0 Å². The van der Waals surface area contributed by atoms with Gasteiger partial charge in [0.2, 0.25) is 5.95 Å². The molecule has 1 aromatic heterocycles. The second-order valence-corrected chi connectivity index (χ2v) is 6.36. The zero-order valence-corrected chi connectivity index (χ0v) is 15.6. The number of hydrazine groups is 1. The summed E-state index contributed by atoms with van der Waals surface area (Å²) in [5.74, 6) is 0.587. The number of benzene rings is 2. The molecule has 26 heavy (non-hydrogen) atoms. The predicted octanol–water partition coefficient (Wildman–Crippen LogP) is 4.00. The van der Waals surface area contributed by atoms with Gasteiger partial charge in [0.1, 0.15) is 0 Å². The van der Waals surface area contributed by atoms with Crippen LogP contribution in [0.3, 0.4) is 0 Å².